The molecule has 1 aromatic carbocycles. The van der Waals surface area contributed by atoms with E-state index in [1.54, 1.807) is 24.3 Å². The molecule has 0 unspecified atom stereocenters. The van der Waals surface area contributed by atoms with Gasteiger partial charge in [-0.3, -0.25) is 9.59 Å². The average Bonchev–Trinajstić information content (AvgIpc) is 2.55. The summed E-state index contributed by atoms with van der Waals surface area (Å²) in [4.78, 5) is 25.3. The molecule has 0 heterocycles. The predicted molar refractivity (Wildman–Crippen MR) is 90.5 cm³/mol. The molecule has 23 heavy (non-hydrogen) atoms. The summed E-state index contributed by atoms with van der Waals surface area (Å²) in [5.74, 6) is 0.567. The highest BCUT2D eigenvalue weighted by molar-refractivity contribution is 5.88. The maximum Gasteiger partial charge on any atom is 0.260 e. The van der Waals surface area contributed by atoms with Gasteiger partial charge in [0.25, 0.3) is 5.91 Å². The Morgan fingerprint density at radius 3 is 2.39 bits per heavy atom. The van der Waals surface area contributed by atoms with Crippen LogP contribution in [0.2, 0.25) is 0 Å². The fourth-order valence-corrected chi connectivity index (χ4v) is 3.10. The summed E-state index contributed by atoms with van der Waals surface area (Å²) in [7, 11) is 0. The Morgan fingerprint density at radius 1 is 1.17 bits per heavy atom. The van der Waals surface area contributed by atoms with Crippen molar-refractivity contribution in [2.24, 2.45) is 0 Å². The summed E-state index contributed by atoms with van der Waals surface area (Å²) < 4.78 is 5.60. The van der Waals surface area contributed by atoms with Gasteiger partial charge < -0.3 is 15.0 Å². The van der Waals surface area contributed by atoms with E-state index >= 15 is 0 Å². The van der Waals surface area contributed by atoms with E-state index in [9.17, 15) is 9.59 Å². The zero-order valence-corrected chi connectivity index (χ0v) is 14.0. The van der Waals surface area contributed by atoms with Gasteiger partial charge in [0.05, 0.1) is 0 Å². The van der Waals surface area contributed by atoms with E-state index in [4.69, 9.17) is 4.74 Å². The number of likely N-dealkylation sites (N-methyl/N-ethyl adjacent to an activating group) is 1. The van der Waals surface area contributed by atoms with Gasteiger partial charge in [-0.15, -0.1) is 0 Å². The van der Waals surface area contributed by atoms with Gasteiger partial charge in [-0.05, 0) is 44.0 Å². The van der Waals surface area contributed by atoms with E-state index in [0.29, 0.717) is 17.5 Å². The van der Waals surface area contributed by atoms with Gasteiger partial charge in [0.2, 0.25) is 5.91 Å². The first kappa shape index (κ1) is 17.3. The highest BCUT2D eigenvalue weighted by atomic mass is 16.5. The Bertz CT molecular complexity index is 522. The van der Waals surface area contributed by atoms with Crippen molar-refractivity contribution >= 4 is 17.5 Å². The van der Waals surface area contributed by atoms with E-state index in [0.717, 1.165) is 19.4 Å². The van der Waals surface area contributed by atoms with E-state index in [2.05, 4.69) is 5.32 Å². The zero-order chi connectivity index (χ0) is 16.7. The van der Waals surface area contributed by atoms with Crippen molar-refractivity contribution in [2.75, 3.05) is 18.5 Å². The van der Waals surface area contributed by atoms with Gasteiger partial charge in [-0.25, -0.2) is 0 Å². The third-order valence-corrected chi connectivity index (χ3v) is 4.21. The number of anilines is 1. The molecular formula is C18H26N2O3. The lowest BCUT2D eigenvalue weighted by molar-refractivity contribution is -0.136. The molecule has 5 nitrogen and oxygen atoms in total. The smallest absolute Gasteiger partial charge is 0.260 e. The molecule has 2 amide bonds. The van der Waals surface area contributed by atoms with E-state index in [1.165, 1.54) is 26.2 Å². The first-order valence-electron chi connectivity index (χ1n) is 8.40. The first-order chi connectivity index (χ1) is 11.1. The number of carbonyl (C=O) groups excluding carboxylic acids is 2. The predicted octanol–water partition coefficient (Wildman–Crippen LogP) is 3.21. The maximum absolute atomic E-state index is 12.4. The molecule has 1 aliphatic rings. The van der Waals surface area contributed by atoms with E-state index in [-0.39, 0.29) is 18.4 Å². The molecular weight excluding hydrogens is 292 g/mol. The number of hydrogen-bond donors (Lipinski definition) is 1. The van der Waals surface area contributed by atoms with Gasteiger partial charge in [0.15, 0.2) is 6.61 Å². The number of nitrogens with one attached hydrogen (secondary N) is 1. The molecule has 1 fully saturated rings. The highest BCUT2D eigenvalue weighted by Gasteiger charge is 2.24. The van der Waals surface area contributed by atoms with Crippen molar-refractivity contribution in [1.82, 2.24) is 4.90 Å². The first-order valence-corrected chi connectivity index (χ1v) is 8.40. The minimum absolute atomic E-state index is 0.0466. The molecule has 2 rings (SSSR count). The third kappa shape index (κ3) is 5.27. The summed E-state index contributed by atoms with van der Waals surface area (Å²) >= 11 is 0. The molecule has 0 aromatic heterocycles. The summed E-state index contributed by atoms with van der Waals surface area (Å²) in [5, 5.41) is 2.70. The van der Waals surface area contributed by atoms with Crippen LogP contribution in [0, 0.1) is 0 Å². The number of amides is 2. The number of rotatable bonds is 6. The fraction of sp³-hybridized carbons (Fsp3) is 0.556. The van der Waals surface area contributed by atoms with Gasteiger partial charge in [0, 0.05) is 25.2 Å². The quantitative estimate of drug-likeness (QED) is 0.876. The van der Waals surface area contributed by atoms with Crippen LogP contribution < -0.4 is 10.1 Å². The molecule has 0 saturated heterocycles. The van der Waals surface area contributed by atoms with Crippen LogP contribution in [0.5, 0.6) is 5.75 Å². The molecule has 0 spiro atoms. The minimum atomic E-state index is -0.111. The molecule has 5 heteroatoms. The lowest BCUT2D eigenvalue weighted by atomic mass is 9.94. The molecule has 1 aliphatic carbocycles. The van der Waals surface area contributed by atoms with Crippen LogP contribution in [0.15, 0.2) is 24.3 Å². The van der Waals surface area contributed by atoms with Gasteiger partial charge in [-0.1, -0.05) is 19.3 Å². The van der Waals surface area contributed by atoms with Crippen LogP contribution >= 0.6 is 0 Å². The Labute approximate surface area is 138 Å². The second-order valence-electron chi connectivity index (χ2n) is 5.97. The van der Waals surface area contributed by atoms with Crippen molar-refractivity contribution in [2.45, 2.75) is 52.0 Å². The van der Waals surface area contributed by atoms with Gasteiger partial charge in [-0.2, -0.15) is 0 Å². The van der Waals surface area contributed by atoms with Crippen LogP contribution in [0.4, 0.5) is 5.69 Å². The maximum atomic E-state index is 12.4. The van der Waals surface area contributed by atoms with Crippen LogP contribution in [-0.2, 0) is 9.59 Å². The minimum Gasteiger partial charge on any atom is -0.484 e. The van der Waals surface area contributed by atoms with E-state index in [1.807, 2.05) is 11.8 Å². The van der Waals surface area contributed by atoms with E-state index < -0.39 is 0 Å². The Hall–Kier alpha value is -2.04. The van der Waals surface area contributed by atoms with Crippen LogP contribution in [0.1, 0.15) is 46.0 Å². The summed E-state index contributed by atoms with van der Waals surface area (Å²) in [6.45, 7) is 4.28. The molecule has 1 saturated carbocycles. The second-order valence-corrected chi connectivity index (χ2v) is 5.97. The second kappa shape index (κ2) is 8.56. The Balaban J connectivity index is 1.85. The zero-order valence-electron chi connectivity index (χ0n) is 14.0. The van der Waals surface area contributed by atoms with Crippen LogP contribution in [0.25, 0.3) is 0 Å². The van der Waals surface area contributed by atoms with Crippen molar-refractivity contribution in [3.63, 3.8) is 0 Å². The van der Waals surface area contributed by atoms with Crippen molar-refractivity contribution in [3.8, 4) is 5.75 Å². The number of nitrogens with zero attached hydrogens (tertiary/aromatic N) is 1. The summed E-state index contributed by atoms with van der Waals surface area (Å²) in [6, 6.07) is 7.41. The number of benzene rings is 1. The standard InChI is InChI=1S/C18H26N2O3/c1-3-20(16-7-5-4-6-8-16)18(22)13-23-17-11-9-15(10-12-17)19-14(2)21/h9-12,16H,3-8,13H2,1-2H3,(H,19,21). The summed E-state index contributed by atoms with van der Waals surface area (Å²) in [6.07, 6.45) is 5.90. The molecule has 1 aromatic rings. The molecule has 126 valence electrons. The molecule has 0 aliphatic heterocycles. The van der Waals surface area contributed by atoms with Crippen molar-refractivity contribution in [1.29, 1.82) is 0 Å². The number of ether oxygens (including phenoxy) is 1. The number of carbonyl (C=O) groups is 2. The highest BCUT2D eigenvalue weighted by Crippen LogP contribution is 2.23. The largest absolute Gasteiger partial charge is 0.484 e. The van der Waals surface area contributed by atoms with Crippen molar-refractivity contribution in [3.05, 3.63) is 24.3 Å². The molecule has 1 N–H and O–H groups in total. The molecule has 0 radical (unpaired) electrons. The SMILES string of the molecule is CCN(C(=O)COc1ccc(NC(C)=O)cc1)C1CCCCC1. The Kier molecular flexibility index (Phi) is 6.44. The lowest BCUT2D eigenvalue weighted by Crippen LogP contribution is -2.43. The topological polar surface area (TPSA) is 58.6 Å². The molecule has 0 atom stereocenters. The van der Waals surface area contributed by atoms with Gasteiger partial charge in [0.1, 0.15) is 5.75 Å². The number of hydrogen-bond acceptors (Lipinski definition) is 3. The monoisotopic (exact) mass is 318 g/mol. The third-order valence-electron chi connectivity index (χ3n) is 4.21. The normalized spacial score (nSPS) is 15.0. The average molecular weight is 318 g/mol. The lowest BCUT2D eigenvalue weighted by Gasteiger charge is -2.33. The molecule has 0 bridgehead atoms. The fourth-order valence-electron chi connectivity index (χ4n) is 3.10. The van der Waals surface area contributed by atoms with Gasteiger partial charge >= 0.3 is 0 Å². The van der Waals surface area contributed by atoms with Crippen LogP contribution in [0.3, 0.4) is 0 Å². The van der Waals surface area contributed by atoms with Crippen molar-refractivity contribution < 1.29 is 14.3 Å². The summed E-state index contributed by atoms with van der Waals surface area (Å²) in [5.41, 5.74) is 0.716. The Morgan fingerprint density at radius 2 is 1.83 bits per heavy atom. The van der Waals surface area contributed by atoms with Crippen LogP contribution in [-0.4, -0.2) is 35.9 Å².